The van der Waals surface area contributed by atoms with E-state index in [9.17, 15) is 10.2 Å². The average molecular weight is 344 g/mol. The summed E-state index contributed by atoms with van der Waals surface area (Å²) < 4.78 is 10.7. The fraction of sp³-hybridized carbons (Fsp3) is 0.429. The lowest BCUT2D eigenvalue weighted by molar-refractivity contribution is 0.275. The maximum absolute atomic E-state index is 9.68. The number of ether oxygens (including phenoxy) is 2. The minimum Gasteiger partial charge on any atom is -0.508 e. The fourth-order valence-corrected chi connectivity index (χ4v) is 3.05. The van der Waals surface area contributed by atoms with Crippen LogP contribution < -0.4 is 9.47 Å². The minimum atomic E-state index is -0.144. The van der Waals surface area contributed by atoms with Gasteiger partial charge in [-0.2, -0.15) is 0 Å². The van der Waals surface area contributed by atoms with E-state index in [4.69, 9.17) is 9.47 Å². The molecule has 2 rings (SSSR count). The van der Waals surface area contributed by atoms with Gasteiger partial charge in [0.05, 0.1) is 20.8 Å². The van der Waals surface area contributed by atoms with Gasteiger partial charge in [-0.25, -0.2) is 0 Å². The van der Waals surface area contributed by atoms with Gasteiger partial charge in [0, 0.05) is 5.56 Å². The summed E-state index contributed by atoms with van der Waals surface area (Å²) in [6.45, 7) is 4.33. The Morgan fingerprint density at radius 1 is 0.840 bits per heavy atom. The van der Waals surface area contributed by atoms with E-state index in [1.54, 1.807) is 20.3 Å². The molecule has 0 spiro atoms. The van der Waals surface area contributed by atoms with Crippen molar-refractivity contribution in [3.05, 3.63) is 53.1 Å². The highest BCUT2D eigenvalue weighted by atomic mass is 16.5. The van der Waals surface area contributed by atoms with Crippen LogP contribution in [-0.2, 0) is 19.4 Å². The zero-order valence-electron chi connectivity index (χ0n) is 15.5. The molecule has 2 aromatic rings. The van der Waals surface area contributed by atoms with Crippen molar-refractivity contribution in [2.45, 2.75) is 33.3 Å². The average Bonchev–Trinajstić information content (AvgIpc) is 2.62. The van der Waals surface area contributed by atoms with Crippen molar-refractivity contribution in [1.29, 1.82) is 0 Å². The lowest BCUT2D eigenvalue weighted by Gasteiger charge is -2.21. The van der Waals surface area contributed by atoms with Crippen LogP contribution in [-0.4, -0.2) is 24.4 Å². The van der Waals surface area contributed by atoms with Gasteiger partial charge in [0.25, 0.3) is 0 Å². The van der Waals surface area contributed by atoms with Crippen LogP contribution in [0.4, 0.5) is 0 Å². The molecule has 0 aliphatic rings. The Morgan fingerprint density at radius 3 is 1.96 bits per heavy atom. The Morgan fingerprint density at radius 2 is 1.40 bits per heavy atom. The Labute approximate surface area is 150 Å². The van der Waals surface area contributed by atoms with E-state index in [-0.39, 0.29) is 12.4 Å². The highest BCUT2D eigenvalue weighted by Crippen LogP contribution is 2.30. The number of benzene rings is 2. The molecule has 0 aromatic heterocycles. The van der Waals surface area contributed by atoms with Gasteiger partial charge in [0.2, 0.25) is 0 Å². The second kappa shape index (κ2) is 8.77. The van der Waals surface area contributed by atoms with Crippen LogP contribution in [0.5, 0.6) is 17.2 Å². The van der Waals surface area contributed by atoms with E-state index < -0.39 is 0 Å². The summed E-state index contributed by atoms with van der Waals surface area (Å²) in [5.74, 6) is 2.59. The monoisotopic (exact) mass is 344 g/mol. The molecule has 2 aromatic carbocycles. The van der Waals surface area contributed by atoms with Crippen LogP contribution in [0.25, 0.3) is 0 Å². The smallest absolute Gasteiger partial charge is 0.160 e. The quantitative estimate of drug-likeness (QED) is 0.761. The van der Waals surface area contributed by atoms with Crippen molar-refractivity contribution < 1.29 is 19.7 Å². The molecule has 0 bridgehead atoms. The van der Waals surface area contributed by atoms with Gasteiger partial charge in [-0.05, 0) is 60.1 Å². The molecule has 25 heavy (non-hydrogen) atoms. The van der Waals surface area contributed by atoms with Gasteiger partial charge in [0.15, 0.2) is 11.5 Å². The third-order valence-corrected chi connectivity index (χ3v) is 4.85. The molecule has 4 nitrogen and oxygen atoms in total. The van der Waals surface area contributed by atoms with E-state index in [0.29, 0.717) is 17.4 Å². The molecule has 2 atom stereocenters. The molecular weight excluding hydrogens is 316 g/mol. The standard InChI is InChI=1S/C21H28O4/c1-14(9-16-5-7-19(23)18(11-16)13-22)15(2)10-17-6-8-20(24-3)21(12-17)25-4/h5-8,11-12,14-15,22-23H,9-10,13H2,1-4H3. The highest BCUT2D eigenvalue weighted by Gasteiger charge is 2.16. The number of methoxy groups -OCH3 is 2. The first-order chi connectivity index (χ1) is 12.0. The van der Waals surface area contributed by atoms with Gasteiger partial charge in [0.1, 0.15) is 5.75 Å². The van der Waals surface area contributed by atoms with Crippen LogP contribution in [0.3, 0.4) is 0 Å². The molecule has 136 valence electrons. The molecule has 2 unspecified atom stereocenters. The molecule has 0 amide bonds. The molecular formula is C21H28O4. The molecule has 0 heterocycles. The maximum atomic E-state index is 9.68. The third-order valence-electron chi connectivity index (χ3n) is 4.85. The Hall–Kier alpha value is -2.20. The Bertz CT molecular complexity index is 696. The molecule has 0 aliphatic heterocycles. The van der Waals surface area contributed by atoms with Crippen molar-refractivity contribution in [3.63, 3.8) is 0 Å². The Kier molecular flexibility index (Phi) is 6.71. The molecule has 0 radical (unpaired) electrons. The lowest BCUT2D eigenvalue weighted by Crippen LogP contribution is -2.14. The SMILES string of the molecule is COc1ccc(CC(C)C(C)Cc2ccc(O)c(CO)c2)cc1OC. The van der Waals surface area contributed by atoms with E-state index >= 15 is 0 Å². The second-order valence-corrected chi connectivity index (χ2v) is 6.67. The predicted octanol–water partition coefficient (Wildman–Crippen LogP) is 3.96. The number of aromatic hydroxyl groups is 1. The molecule has 2 N–H and O–H groups in total. The van der Waals surface area contributed by atoms with Gasteiger partial charge < -0.3 is 19.7 Å². The van der Waals surface area contributed by atoms with Crippen LogP contribution in [0.1, 0.15) is 30.5 Å². The van der Waals surface area contributed by atoms with Crippen molar-refractivity contribution >= 4 is 0 Å². The molecule has 0 saturated heterocycles. The van der Waals surface area contributed by atoms with Crippen molar-refractivity contribution in [2.24, 2.45) is 11.8 Å². The summed E-state index contributed by atoms with van der Waals surface area (Å²) in [6, 6.07) is 11.5. The predicted molar refractivity (Wildman–Crippen MR) is 99.3 cm³/mol. The van der Waals surface area contributed by atoms with Gasteiger partial charge >= 0.3 is 0 Å². The first-order valence-corrected chi connectivity index (χ1v) is 8.61. The zero-order chi connectivity index (χ0) is 18.4. The van der Waals surface area contributed by atoms with E-state index in [1.807, 2.05) is 24.3 Å². The summed E-state index contributed by atoms with van der Waals surface area (Å²) >= 11 is 0. The van der Waals surface area contributed by atoms with Gasteiger partial charge in [-0.1, -0.05) is 26.0 Å². The first kappa shape index (κ1) is 19.1. The number of phenols is 1. The van der Waals surface area contributed by atoms with Crippen LogP contribution in [0.15, 0.2) is 36.4 Å². The summed E-state index contributed by atoms with van der Waals surface area (Å²) in [5.41, 5.74) is 2.93. The summed E-state index contributed by atoms with van der Waals surface area (Å²) in [7, 11) is 3.29. The topological polar surface area (TPSA) is 58.9 Å². The largest absolute Gasteiger partial charge is 0.508 e. The van der Waals surface area contributed by atoms with Gasteiger partial charge in [-0.15, -0.1) is 0 Å². The lowest BCUT2D eigenvalue weighted by atomic mass is 9.85. The van der Waals surface area contributed by atoms with Crippen molar-refractivity contribution in [1.82, 2.24) is 0 Å². The first-order valence-electron chi connectivity index (χ1n) is 8.61. The minimum absolute atomic E-state index is 0.144. The summed E-state index contributed by atoms with van der Waals surface area (Å²) in [4.78, 5) is 0. The summed E-state index contributed by atoms with van der Waals surface area (Å²) in [5, 5.41) is 19.0. The molecule has 0 fully saturated rings. The second-order valence-electron chi connectivity index (χ2n) is 6.67. The number of hydrogen-bond acceptors (Lipinski definition) is 4. The molecule has 0 aliphatic carbocycles. The van der Waals surface area contributed by atoms with Crippen LogP contribution in [0.2, 0.25) is 0 Å². The van der Waals surface area contributed by atoms with Gasteiger partial charge in [-0.3, -0.25) is 0 Å². The third kappa shape index (κ3) is 4.89. The van der Waals surface area contributed by atoms with Crippen LogP contribution >= 0.6 is 0 Å². The van der Waals surface area contributed by atoms with E-state index in [0.717, 1.165) is 29.9 Å². The highest BCUT2D eigenvalue weighted by molar-refractivity contribution is 5.43. The normalized spacial score (nSPS) is 13.3. The number of aliphatic hydroxyl groups excluding tert-OH is 1. The number of rotatable bonds is 8. The fourth-order valence-electron chi connectivity index (χ4n) is 3.05. The number of aliphatic hydroxyl groups is 1. The van der Waals surface area contributed by atoms with E-state index in [1.165, 1.54) is 5.56 Å². The maximum Gasteiger partial charge on any atom is 0.160 e. The Balaban J connectivity index is 2.04. The summed E-state index contributed by atoms with van der Waals surface area (Å²) in [6.07, 6.45) is 1.86. The molecule has 0 saturated carbocycles. The zero-order valence-corrected chi connectivity index (χ0v) is 15.5. The van der Waals surface area contributed by atoms with Crippen molar-refractivity contribution in [3.8, 4) is 17.2 Å². The van der Waals surface area contributed by atoms with E-state index in [2.05, 4.69) is 19.9 Å². The van der Waals surface area contributed by atoms with Crippen molar-refractivity contribution in [2.75, 3.05) is 14.2 Å². The molecule has 4 heteroatoms. The van der Waals surface area contributed by atoms with Crippen LogP contribution in [0, 0.1) is 11.8 Å². The number of hydrogen-bond donors (Lipinski definition) is 2.